The Morgan fingerprint density at radius 1 is 1.33 bits per heavy atom. The molecule has 0 radical (unpaired) electrons. The zero-order valence-electron chi connectivity index (χ0n) is 10.8. The van der Waals surface area contributed by atoms with E-state index in [1.54, 1.807) is 0 Å². The lowest BCUT2D eigenvalue weighted by Gasteiger charge is -2.21. The molecule has 1 aliphatic rings. The van der Waals surface area contributed by atoms with Crippen molar-refractivity contribution in [3.05, 3.63) is 41.9 Å². The highest BCUT2D eigenvalue weighted by molar-refractivity contribution is 5.62. The third-order valence-electron chi connectivity index (χ3n) is 3.69. The Kier molecular flexibility index (Phi) is 2.92. The van der Waals surface area contributed by atoms with Crippen LogP contribution in [0.1, 0.15) is 24.9 Å². The minimum Gasteiger partial charge on any atom is -0.330 e. The SMILES string of the molecule is CCc1c(-c2ccccc2)nc2n1CC(N)CC2. The summed E-state index contributed by atoms with van der Waals surface area (Å²) in [4.78, 5) is 4.83. The molecule has 1 aromatic heterocycles. The van der Waals surface area contributed by atoms with Crippen molar-refractivity contribution in [1.82, 2.24) is 9.55 Å². The number of aromatic nitrogens is 2. The Labute approximate surface area is 108 Å². The lowest BCUT2D eigenvalue weighted by Crippen LogP contribution is -2.32. The third-order valence-corrected chi connectivity index (χ3v) is 3.69. The zero-order valence-corrected chi connectivity index (χ0v) is 10.8. The van der Waals surface area contributed by atoms with Gasteiger partial charge in [0, 0.05) is 30.3 Å². The number of aryl methyl sites for hydroxylation is 1. The molecular formula is C15H19N3. The number of hydrogen-bond donors (Lipinski definition) is 1. The van der Waals surface area contributed by atoms with Gasteiger partial charge in [0.2, 0.25) is 0 Å². The molecule has 0 fully saturated rings. The molecule has 2 N–H and O–H groups in total. The number of imidazole rings is 1. The van der Waals surface area contributed by atoms with Gasteiger partial charge in [0.25, 0.3) is 0 Å². The van der Waals surface area contributed by atoms with Crippen LogP contribution in [0.5, 0.6) is 0 Å². The maximum atomic E-state index is 6.07. The maximum absolute atomic E-state index is 6.07. The molecule has 2 aromatic rings. The predicted molar refractivity (Wildman–Crippen MR) is 73.3 cm³/mol. The summed E-state index contributed by atoms with van der Waals surface area (Å²) in [7, 11) is 0. The van der Waals surface area contributed by atoms with Crippen LogP contribution >= 0.6 is 0 Å². The van der Waals surface area contributed by atoms with Crippen molar-refractivity contribution >= 4 is 0 Å². The van der Waals surface area contributed by atoms with Gasteiger partial charge in [-0.3, -0.25) is 0 Å². The number of fused-ring (bicyclic) bond motifs is 1. The Morgan fingerprint density at radius 2 is 2.11 bits per heavy atom. The van der Waals surface area contributed by atoms with Gasteiger partial charge in [-0.25, -0.2) is 4.98 Å². The minimum atomic E-state index is 0.278. The molecule has 0 aliphatic carbocycles. The molecule has 1 aliphatic heterocycles. The second kappa shape index (κ2) is 4.58. The van der Waals surface area contributed by atoms with Crippen LogP contribution in [-0.2, 0) is 19.4 Å². The summed E-state index contributed by atoms with van der Waals surface area (Å²) >= 11 is 0. The van der Waals surface area contributed by atoms with E-state index < -0.39 is 0 Å². The Bertz CT molecular complexity index is 542. The largest absolute Gasteiger partial charge is 0.330 e. The summed E-state index contributed by atoms with van der Waals surface area (Å²) in [6, 6.07) is 10.7. The van der Waals surface area contributed by atoms with E-state index >= 15 is 0 Å². The Balaban J connectivity index is 2.11. The number of benzene rings is 1. The molecule has 3 nitrogen and oxygen atoms in total. The van der Waals surface area contributed by atoms with Gasteiger partial charge in [-0.2, -0.15) is 0 Å². The zero-order chi connectivity index (χ0) is 12.5. The van der Waals surface area contributed by atoms with E-state index in [1.165, 1.54) is 17.1 Å². The van der Waals surface area contributed by atoms with Crippen molar-refractivity contribution in [3.63, 3.8) is 0 Å². The van der Waals surface area contributed by atoms with E-state index in [9.17, 15) is 0 Å². The first-order valence-electron chi connectivity index (χ1n) is 6.69. The van der Waals surface area contributed by atoms with Crippen molar-refractivity contribution < 1.29 is 0 Å². The van der Waals surface area contributed by atoms with E-state index in [0.29, 0.717) is 0 Å². The molecule has 1 atom stereocenters. The summed E-state index contributed by atoms with van der Waals surface area (Å²) in [6.45, 7) is 3.11. The average Bonchev–Trinajstić information content (AvgIpc) is 2.77. The van der Waals surface area contributed by atoms with Gasteiger partial charge in [0.15, 0.2) is 0 Å². The van der Waals surface area contributed by atoms with Crippen molar-refractivity contribution in [3.8, 4) is 11.3 Å². The van der Waals surface area contributed by atoms with Gasteiger partial charge in [-0.1, -0.05) is 37.3 Å². The highest BCUT2D eigenvalue weighted by Crippen LogP contribution is 2.27. The van der Waals surface area contributed by atoms with Gasteiger partial charge < -0.3 is 10.3 Å². The summed E-state index contributed by atoms with van der Waals surface area (Å²) in [5.74, 6) is 1.20. The number of hydrogen-bond acceptors (Lipinski definition) is 2. The van der Waals surface area contributed by atoms with Gasteiger partial charge in [-0.05, 0) is 12.8 Å². The average molecular weight is 241 g/mol. The molecule has 1 aromatic carbocycles. The number of rotatable bonds is 2. The molecule has 94 valence electrons. The van der Waals surface area contributed by atoms with Gasteiger partial charge >= 0.3 is 0 Å². The van der Waals surface area contributed by atoms with E-state index in [0.717, 1.165) is 31.5 Å². The van der Waals surface area contributed by atoms with E-state index in [2.05, 4.69) is 35.8 Å². The van der Waals surface area contributed by atoms with E-state index in [4.69, 9.17) is 10.7 Å². The molecule has 3 rings (SSSR count). The lowest BCUT2D eigenvalue weighted by atomic mass is 10.1. The molecular weight excluding hydrogens is 222 g/mol. The van der Waals surface area contributed by atoms with Gasteiger partial charge in [0.1, 0.15) is 5.82 Å². The fourth-order valence-corrected chi connectivity index (χ4v) is 2.77. The Morgan fingerprint density at radius 3 is 2.83 bits per heavy atom. The van der Waals surface area contributed by atoms with Gasteiger partial charge in [-0.15, -0.1) is 0 Å². The smallest absolute Gasteiger partial charge is 0.109 e. The minimum absolute atomic E-state index is 0.278. The van der Waals surface area contributed by atoms with Crippen LogP contribution in [0.4, 0.5) is 0 Å². The quantitative estimate of drug-likeness (QED) is 0.877. The first kappa shape index (κ1) is 11.5. The molecule has 2 heterocycles. The maximum Gasteiger partial charge on any atom is 0.109 e. The molecule has 0 amide bonds. The second-order valence-electron chi connectivity index (χ2n) is 4.95. The standard InChI is InChI=1S/C15H19N3/c1-2-13-15(11-6-4-3-5-7-11)17-14-9-8-12(16)10-18(13)14/h3-7,12H,2,8-10,16H2,1H3. The topological polar surface area (TPSA) is 43.8 Å². The van der Waals surface area contributed by atoms with E-state index in [-0.39, 0.29) is 6.04 Å². The fourth-order valence-electron chi connectivity index (χ4n) is 2.77. The fraction of sp³-hybridized carbons (Fsp3) is 0.400. The van der Waals surface area contributed by atoms with Crippen LogP contribution in [0.3, 0.4) is 0 Å². The summed E-state index contributed by atoms with van der Waals surface area (Å²) in [5, 5.41) is 0. The third kappa shape index (κ3) is 1.85. The van der Waals surface area contributed by atoms with Crippen LogP contribution in [0.15, 0.2) is 30.3 Å². The van der Waals surface area contributed by atoms with Crippen LogP contribution < -0.4 is 5.73 Å². The molecule has 0 saturated heterocycles. The van der Waals surface area contributed by atoms with Crippen molar-refractivity contribution in [2.24, 2.45) is 5.73 Å². The Hall–Kier alpha value is -1.61. The molecule has 3 heteroatoms. The highest BCUT2D eigenvalue weighted by Gasteiger charge is 2.22. The van der Waals surface area contributed by atoms with Crippen LogP contribution in [0.25, 0.3) is 11.3 Å². The van der Waals surface area contributed by atoms with Crippen molar-refractivity contribution in [2.75, 3.05) is 0 Å². The van der Waals surface area contributed by atoms with Crippen LogP contribution in [0, 0.1) is 0 Å². The second-order valence-corrected chi connectivity index (χ2v) is 4.95. The summed E-state index contributed by atoms with van der Waals surface area (Å²) < 4.78 is 2.33. The molecule has 18 heavy (non-hydrogen) atoms. The molecule has 0 spiro atoms. The van der Waals surface area contributed by atoms with Gasteiger partial charge in [0.05, 0.1) is 5.69 Å². The summed E-state index contributed by atoms with van der Waals surface area (Å²) in [6.07, 6.45) is 3.05. The predicted octanol–water partition coefficient (Wildman–Crippen LogP) is 2.39. The molecule has 1 unspecified atom stereocenters. The first-order chi connectivity index (χ1) is 8.79. The number of nitrogens with zero attached hydrogens (tertiary/aromatic N) is 2. The summed E-state index contributed by atoms with van der Waals surface area (Å²) in [5.41, 5.74) is 9.75. The molecule has 0 saturated carbocycles. The van der Waals surface area contributed by atoms with Crippen molar-refractivity contribution in [2.45, 2.75) is 38.8 Å². The van der Waals surface area contributed by atoms with E-state index in [1.807, 2.05) is 6.07 Å². The normalized spacial score (nSPS) is 18.7. The number of nitrogens with two attached hydrogens (primary N) is 1. The van der Waals surface area contributed by atoms with Crippen LogP contribution in [-0.4, -0.2) is 15.6 Å². The first-order valence-corrected chi connectivity index (χ1v) is 6.69. The lowest BCUT2D eigenvalue weighted by molar-refractivity contribution is 0.445. The highest BCUT2D eigenvalue weighted by atomic mass is 15.1. The van der Waals surface area contributed by atoms with Crippen LogP contribution in [0.2, 0.25) is 0 Å². The molecule has 0 bridgehead atoms. The monoisotopic (exact) mass is 241 g/mol. The van der Waals surface area contributed by atoms with Crippen molar-refractivity contribution in [1.29, 1.82) is 0 Å².